The van der Waals surface area contributed by atoms with Gasteiger partial charge in [-0.2, -0.15) is 0 Å². The number of amides is 2. The summed E-state index contributed by atoms with van der Waals surface area (Å²) in [5.74, 6) is -1.21. The third-order valence-electron chi connectivity index (χ3n) is 6.48. The van der Waals surface area contributed by atoms with Crippen LogP contribution in [0.5, 0.6) is 11.5 Å². The van der Waals surface area contributed by atoms with Gasteiger partial charge in [0.15, 0.2) is 23.1 Å². The molecule has 0 unspecified atom stereocenters. The van der Waals surface area contributed by atoms with Gasteiger partial charge in [-0.25, -0.2) is 8.78 Å². The molecule has 3 aromatic rings. The molecule has 1 saturated heterocycles. The van der Waals surface area contributed by atoms with Crippen molar-refractivity contribution in [2.45, 2.75) is 25.2 Å². The Morgan fingerprint density at radius 2 is 1.69 bits per heavy atom. The van der Waals surface area contributed by atoms with Crippen LogP contribution in [0.3, 0.4) is 0 Å². The Balaban J connectivity index is 1.14. The second-order valence-corrected chi connectivity index (χ2v) is 9.26. The molecule has 0 bridgehead atoms. The van der Waals surface area contributed by atoms with Crippen molar-refractivity contribution in [2.75, 3.05) is 25.2 Å². The van der Waals surface area contributed by atoms with Crippen molar-refractivity contribution in [3.8, 4) is 11.5 Å². The Labute approximate surface area is 211 Å². The fourth-order valence-corrected chi connectivity index (χ4v) is 4.77. The standard InChI is InChI=1S/C27H23ClF2N2O4/c28-21-13-19(14-22(29)26(21)30)27(34)32-9-7-18(8-10-32)17-2-4-20(5-3-17)31-25(33)12-16-1-6-23-24(11-16)36-15-35-23/h1-6,11,13-14,18H,7-10,12,15H2,(H,31,33). The number of rotatable bonds is 5. The van der Waals surface area contributed by atoms with Gasteiger partial charge in [0.05, 0.1) is 11.4 Å². The van der Waals surface area contributed by atoms with Gasteiger partial charge in [-0.05, 0) is 66.3 Å². The Kier molecular flexibility index (Phi) is 6.78. The summed E-state index contributed by atoms with van der Waals surface area (Å²) in [6.07, 6.45) is 1.69. The minimum Gasteiger partial charge on any atom is -0.454 e. The van der Waals surface area contributed by atoms with Crippen LogP contribution in [0.4, 0.5) is 14.5 Å². The first-order valence-corrected chi connectivity index (χ1v) is 12.0. The lowest BCUT2D eigenvalue weighted by Crippen LogP contribution is -2.38. The smallest absolute Gasteiger partial charge is 0.254 e. The summed E-state index contributed by atoms with van der Waals surface area (Å²) in [4.78, 5) is 26.8. The number of benzene rings is 3. The molecule has 0 spiro atoms. The number of carbonyl (C=O) groups is 2. The lowest BCUT2D eigenvalue weighted by Gasteiger charge is -2.32. The summed E-state index contributed by atoms with van der Waals surface area (Å²) in [7, 11) is 0. The third-order valence-corrected chi connectivity index (χ3v) is 6.76. The fraction of sp³-hybridized carbons (Fsp3) is 0.259. The van der Waals surface area contributed by atoms with E-state index in [1.54, 1.807) is 11.0 Å². The van der Waals surface area contributed by atoms with Gasteiger partial charge in [-0.15, -0.1) is 0 Å². The van der Waals surface area contributed by atoms with Crippen LogP contribution < -0.4 is 14.8 Å². The van der Waals surface area contributed by atoms with E-state index in [1.807, 2.05) is 36.4 Å². The molecule has 0 aliphatic carbocycles. The summed E-state index contributed by atoms with van der Waals surface area (Å²) in [6.45, 7) is 1.18. The number of ether oxygens (including phenoxy) is 2. The average molecular weight is 513 g/mol. The molecule has 0 aromatic heterocycles. The molecule has 2 aliphatic heterocycles. The second kappa shape index (κ2) is 10.1. The molecule has 0 radical (unpaired) electrons. The summed E-state index contributed by atoms with van der Waals surface area (Å²) in [6, 6.07) is 15.2. The molecule has 1 N–H and O–H groups in total. The van der Waals surface area contributed by atoms with E-state index >= 15 is 0 Å². The Morgan fingerprint density at radius 3 is 2.42 bits per heavy atom. The molecule has 1 fully saturated rings. The molecule has 36 heavy (non-hydrogen) atoms. The predicted octanol–water partition coefficient (Wildman–Crippen LogP) is 5.55. The van der Waals surface area contributed by atoms with E-state index in [0.717, 1.165) is 36.1 Å². The van der Waals surface area contributed by atoms with Gasteiger partial charge in [0, 0.05) is 24.3 Å². The van der Waals surface area contributed by atoms with Gasteiger partial charge in [0.25, 0.3) is 5.91 Å². The van der Waals surface area contributed by atoms with E-state index in [9.17, 15) is 18.4 Å². The Morgan fingerprint density at radius 1 is 0.972 bits per heavy atom. The van der Waals surface area contributed by atoms with Crippen molar-refractivity contribution in [2.24, 2.45) is 0 Å². The number of hydrogen-bond acceptors (Lipinski definition) is 4. The molecule has 186 valence electrons. The van der Waals surface area contributed by atoms with Gasteiger partial charge in [0.2, 0.25) is 12.7 Å². The fourth-order valence-electron chi connectivity index (χ4n) is 4.56. The van der Waals surface area contributed by atoms with Gasteiger partial charge in [0.1, 0.15) is 0 Å². The lowest BCUT2D eigenvalue weighted by atomic mass is 9.89. The molecule has 6 nitrogen and oxygen atoms in total. The van der Waals surface area contributed by atoms with Crippen molar-refractivity contribution in [1.29, 1.82) is 0 Å². The maximum atomic E-state index is 13.7. The molecule has 5 rings (SSSR count). The van der Waals surface area contributed by atoms with E-state index in [2.05, 4.69) is 5.32 Å². The molecule has 3 aromatic carbocycles. The molecular formula is C27H23ClF2N2O4. The molecule has 2 amide bonds. The Bertz CT molecular complexity index is 1280. The minimum atomic E-state index is -1.15. The summed E-state index contributed by atoms with van der Waals surface area (Å²) >= 11 is 5.69. The van der Waals surface area contributed by atoms with E-state index in [1.165, 1.54) is 0 Å². The quantitative estimate of drug-likeness (QED) is 0.455. The van der Waals surface area contributed by atoms with Crippen LogP contribution in [0.2, 0.25) is 5.02 Å². The van der Waals surface area contributed by atoms with Crippen molar-refractivity contribution in [3.63, 3.8) is 0 Å². The number of anilines is 1. The van der Waals surface area contributed by atoms with Crippen LogP contribution in [0, 0.1) is 11.6 Å². The SMILES string of the molecule is O=C(Cc1ccc2c(c1)OCO2)Nc1ccc(C2CCN(C(=O)c3cc(F)c(F)c(Cl)c3)CC2)cc1. The number of nitrogens with zero attached hydrogens (tertiary/aromatic N) is 1. The average Bonchev–Trinajstić information content (AvgIpc) is 3.35. The first-order chi connectivity index (χ1) is 17.4. The van der Waals surface area contributed by atoms with Crippen LogP contribution in [0.25, 0.3) is 0 Å². The van der Waals surface area contributed by atoms with E-state index in [-0.39, 0.29) is 36.5 Å². The number of nitrogens with one attached hydrogen (secondary N) is 1. The van der Waals surface area contributed by atoms with E-state index < -0.39 is 16.7 Å². The molecule has 2 aliphatic rings. The highest BCUT2D eigenvalue weighted by molar-refractivity contribution is 6.31. The topological polar surface area (TPSA) is 67.9 Å². The number of hydrogen-bond donors (Lipinski definition) is 1. The van der Waals surface area contributed by atoms with Gasteiger partial charge in [-0.3, -0.25) is 9.59 Å². The zero-order valence-electron chi connectivity index (χ0n) is 19.2. The highest BCUT2D eigenvalue weighted by Gasteiger charge is 2.26. The van der Waals surface area contributed by atoms with Crippen LogP contribution in [0.15, 0.2) is 54.6 Å². The summed E-state index contributed by atoms with van der Waals surface area (Å²) in [5.41, 5.74) is 2.69. The summed E-state index contributed by atoms with van der Waals surface area (Å²) in [5, 5.41) is 2.50. The molecular weight excluding hydrogens is 490 g/mol. The number of carbonyl (C=O) groups excluding carboxylic acids is 2. The Hall–Kier alpha value is -3.65. The van der Waals surface area contributed by atoms with Crippen LogP contribution in [0.1, 0.15) is 40.2 Å². The van der Waals surface area contributed by atoms with Crippen molar-refractivity contribution < 1.29 is 27.8 Å². The van der Waals surface area contributed by atoms with E-state index in [0.29, 0.717) is 30.3 Å². The maximum Gasteiger partial charge on any atom is 0.254 e. The molecule has 2 heterocycles. The van der Waals surface area contributed by atoms with Crippen LogP contribution in [-0.2, 0) is 11.2 Å². The van der Waals surface area contributed by atoms with Gasteiger partial charge >= 0.3 is 0 Å². The number of halogens is 3. The van der Waals surface area contributed by atoms with Gasteiger partial charge < -0.3 is 19.7 Å². The number of piperidine rings is 1. The second-order valence-electron chi connectivity index (χ2n) is 8.85. The van der Waals surface area contributed by atoms with Crippen LogP contribution in [-0.4, -0.2) is 36.6 Å². The molecule has 0 saturated carbocycles. The normalized spacial score (nSPS) is 15.1. The largest absolute Gasteiger partial charge is 0.454 e. The monoisotopic (exact) mass is 512 g/mol. The lowest BCUT2D eigenvalue weighted by molar-refractivity contribution is -0.115. The first kappa shape index (κ1) is 24.1. The van der Waals surface area contributed by atoms with Crippen LogP contribution >= 0.6 is 11.6 Å². The van der Waals surface area contributed by atoms with Crippen molar-refractivity contribution >= 4 is 29.1 Å². The highest BCUT2D eigenvalue weighted by atomic mass is 35.5. The van der Waals surface area contributed by atoms with Gasteiger partial charge in [-0.1, -0.05) is 29.8 Å². The van der Waals surface area contributed by atoms with Crippen molar-refractivity contribution in [1.82, 2.24) is 4.90 Å². The number of likely N-dealkylation sites (tertiary alicyclic amines) is 1. The highest BCUT2D eigenvalue weighted by Crippen LogP contribution is 2.33. The molecule has 9 heteroatoms. The third kappa shape index (κ3) is 5.14. The van der Waals surface area contributed by atoms with Crippen molar-refractivity contribution in [3.05, 3.63) is 87.9 Å². The van der Waals surface area contributed by atoms with E-state index in [4.69, 9.17) is 21.1 Å². The molecule has 0 atom stereocenters. The zero-order valence-corrected chi connectivity index (χ0v) is 20.0. The zero-order chi connectivity index (χ0) is 25.2. The maximum absolute atomic E-state index is 13.7. The summed E-state index contributed by atoms with van der Waals surface area (Å²) < 4.78 is 37.7. The minimum absolute atomic E-state index is 0.0400. The predicted molar refractivity (Wildman–Crippen MR) is 131 cm³/mol. The first-order valence-electron chi connectivity index (χ1n) is 11.6. The number of fused-ring (bicyclic) bond motifs is 1.